The van der Waals surface area contributed by atoms with Gasteiger partial charge in [0.05, 0.1) is 6.20 Å². The molecule has 2 aromatic heterocycles. The van der Waals surface area contributed by atoms with E-state index in [1.165, 1.54) is 4.40 Å². The third kappa shape index (κ3) is 2.00. The van der Waals surface area contributed by atoms with E-state index in [4.69, 9.17) is 0 Å². The van der Waals surface area contributed by atoms with E-state index in [0.717, 1.165) is 10.0 Å². The maximum absolute atomic E-state index is 11.3. The van der Waals surface area contributed by atoms with E-state index in [9.17, 15) is 10.1 Å². The summed E-state index contributed by atoms with van der Waals surface area (Å²) < 4.78 is 2.40. The van der Waals surface area contributed by atoms with E-state index in [1.54, 1.807) is 36.5 Å². The second kappa shape index (κ2) is 4.47. The lowest BCUT2D eigenvalue weighted by molar-refractivity contribution is -0.389. The molecule has 1 aromatic carbocycles. The van der Waals surface area contributed by atoms with Gasteiger partial charge in [0.2, 0.25) is 5.65 Å². The number of nitro groups is 1. The van der Waals surface area contributed by atoms with Crippen molar-refractivity contribution in [3.05, 3.63) is 63.2 Å². The highest BCUT2D eigenvalue weighted by Gasteiger charge is 2.23. The van der Waals surface area contributed by atoms with Crippen molar-refractivity contribution in [3.8, 4) is 11.3 Å². The van der Waals surface area contributed by atoms with Gasteiger partial charge in [-0.05, 0) is 23.1 Å². The van der Waals surface area contributed by atoms with E-state index in [2.05, 4.69) is 20.9 Å². The van der Waals surface area contributed by atoms with Crippen molar-refractivity contribution in [3.63, 3.8) is 0 Å². The minimum Gasteiger partial charge on any atom is -0.358 e. The highest BCUT2D eigenvalue weighted by molar-refractivity contribution is 9.10. The molecule has 0 amide bonds. The maximum Gasteiger partial charge on any atom is 0.355 e. The first kappa shape index (κ1) is 11.9. The topological polar surface area (TPSA) is 60.4 Å². The smallest absolute Gasteiger partial charge is 0.355 e. The number of benzene rings is 1. The van der Waals surface area contributed by atoms with Crippen LogP contribution in [-0.2, 0) is 0 Å². The Kier molecular flexibility index (Phi) is 2.79. The maximum atomic E-state index is 11.3. The first-order valence-corrected chi connectivity index (χ1v) is 6.33. The SMILES string of the molecule is O=[N+]([O-])c1c(-c2ccc(Br)cc2)nc2ccccn12. The highest BCUT2D eigenvalue weighted by atomic mass is 79.9. The van der Waals surface area contributed by atoms with Crippen LogP contribution in [0.2, 0.25) is 0 Å². The fraction of sp³-hybridized carbons (Fsp3) is 0. The zero-order valence-electron chi connectivity index (χ0n) is 9.65. The number of imidazole rings is 1. The lowest BCUT2D eigenvalue weighted by atomic mass is 10.1. The number of aromatic nitrogens is 2. The molecule has 0 atom stereocenters. The molecule has 0 saturated heterocycles. The predicted octanol–water partition coefficient (Wildman–Crippen LogP) is 3.67. The van der Waals surface area contributed by atoms with E-state index in [1.807, 2.05) is 12.1 Å². The van der Waals surface area contributed by atoms with Gasteiger partial charge in [0.15, 0.2) is 5.69 Å². The molecule has 0 fully saturated rings. The molecular weight excluding hydrogens is 310 g/mol. The van der Waals surface area contributed by atoms with Gasteiger partial charge in [-0.1, -0.05) is 34.1 Å². The quantitative estimate of drug-likeness (QED) is 0.535. The van der Waals surface area contributed by atoms with Gasteiger partial charge < -0.3 is 10.1 Å². The first-order valence-electron chi connectivity index (χ1n) is 5.54. The van der Waals surface area contributed by atoms with Crippen LogP contribution in [-0.4, -0.2) is 14.3 Å². The molecule has 0 unspecified atom stereocenters. The summed E-state index contributed by atoms with van der Waals surface area (Å²) in [6.45, 7) is 0. The Morgan fingerprint density at radius 3 is 2.58 bits per heavy atom. The molecular formula is C13H8BrN3O2. The summed E-state index contributed by atoms with van der Waals surface area (Å²) in [6.07, 6.45) is 1.64. The van der Waals surface area contributed by atoms with Crippen molar-refractivity contribution in [2.75, 3.05) is 0 Å². The molecule has 3 rings (SSSR count). The molecule has 5 nitrogen and oxygen atoms in total. The minimum atomic E-state index is -0.405. The highest BCUT2D eigenvalue weighted by Crippen LogP contribution is 2.30. The normalized spacial score (nSPS) is 10.8. The fourth-order valence-corrected chi connectivity index (χ4v) is 2.22. The number of hydrogen-bond donors (Lipinski definition) is 0. The number of nitrogens with zero attached hydrogens (tertiary/aromatic N) is 3. The van der Waals surface area contributed by atoms with Gasteiger partial charge in [0.25, 0.3) is 0 Å². The molecule has 0 aliphatic rings. The standard InChI is InChI=1S/C13H8BrN3O2/c14-10-6-4-9(5-7-10)12-13(17(18)19)16-8-2-1-3-11(16)15-12/h1-8H. The Labute approximate surface area is 116 Å². The van der Waals surface area contributed by atoms with Crippen LogP contribution in [0.25, 0.3) is 16.9 Å². The molecule has 0 saturated carbocycles. The summed E-state index contributed by atoms with van der Waals surface area (Å²) in [5.41, 5.74) is 1.66. The summed E-state index contributed by atoms with van der Waals surface area (Å²) in [5, 5.41) is 11.3. The second-order valence-corrected chi connectivity index (χ2v) is 4.89. The van der Waals surface area contributed by atoms with Crippen LogP contribution >= 0.6 is 15.9 Å². The summed E-state index contributed by atoms with van der Waals surface area (Å²) in [7, 11) is 0. The third-order valence-electron chi connectivity index (χ3n) is 2.80. The number of pyridine rings is 1. The molecule has 0 N–H and O–H groups in total. The number of rotatable bonds is 2. The lowest BCUT2D eigenvalue weighted by Gasteiger charge is -1.98. The van der Waals surface area contributed by atoms with Gasteiger partial charge in [0, 0.05) is 16.1 Å². The van der Waals surface area contributed by atoms with E-state index in [-0.39, 0.29) is 5.82 Å². The van der Waals surface area contributed by atoms with Crippen LogP contribution in [0.3, 0.4) is 0 Å². The van der Waals surface area contributed by atoms with E-state index >= 15 is 0 Å². The van der Waals surface area contributed by atoms with Gasteiger partial charge >= 0.3 is 5.82 Å². The molecule has 0 radical (unpaired) electrons. The fourth-order valence-electron chi connectivity index (χ4n) is 1.96. The largest absolute Gasteiger partial charge is 0.358 e. The summed E-state index contributed by atoms with van der Waals surface area (Å²) >= 11 is 3.34. The summed E-state index contributed by atoms with van der Waals surface area (Å²) in [5.74, 6) is -0.0158. The molecule has 3 aromatic rings. The van der Waals surface area contributed by atoms with Gasteiger partial charge in [-0.3, -0.25) is 0 Å². The minimum absolute atomic E-state index is 0.0158. The monoisotopic (exact) mass is 317 g/mol. The van der Waals surface area contributed by atoms with Crippen LogP contribution in [0, 0.1) is 10.1 Å². The zero-order valence-corrected chi connectivity index (χ0v) is 11.2. The van der Waals surface area contributed by atoms with Crippen molar-refractivity contribution in [2.24, 2.45) is 0 Å². The van der Waals surface area contributed by atoms with E-state index < -0.39 is 4.92 Å². The van der Waals surface area contributed by atoms with Crippen molar-refractivity contribution in [1.29, 1.82) is 0 Å². The third-order valence-corrected chi connectivity index (χ3v) is 3.32. The van der Waals surface area contributed by atoms with Crippen molar-refractivity contribution in [1.82, 2.24) is 9.38 Å². The Hall–Kier alpha value is -2.21. The molecule has 19 heavy (non-hydrogen) atoms. The Balaban J connectivity index is 2.31. The van der Waals surface area contributed by atoms with E-state index in [0.29, 0.717) is 11.3 Å². The lowest BCUT2D eigenvalue weighted by Crippen LogP contribution is -1.95. The molecule has 94 valence electrons. The van der Waals surface area contributed by atoms with Crippen LogP contribution in [0.4, 0.5) is 5.82 Å². The molecule has 0 spiro atoms. The summed E-state index contributed by atoms with van der Waals surface area (Å²) in [4.78, 5) is 15.2. The van der Waals surface area contributed by atoms with Crippen LogP contribution < -0.4 is 0 Å². The molecule has 6 heteroatoms. The molecule has 0 aliphatic carbocycles. The Morgan fingerprint density at radius 2 is 1.89 bits per heavy atom. The second-order valence-electron chi connectivity index (χ2n) is 3.98. The predicted molar refractivity (Wildman–Crippen MR) is 75.0 cm³/mol. The van der Waals surface area contributed by atoms with Gasteiger partial charge in [-0.15, -0.1) is 0 Å². The number of fused-ring (bicyclic) bond motifs is 1. The molecule has 0 aliphatic heterocycles. The molecule has 0 bridgehead atoms. The van der Waals surface area contributed by atoms with Crippen LogP contribution in [0.15, 0.2) is 53.1 Å². The van der Waals surface area contributed by atoms with Gasteiger partial charge in [0.1, 0.15) is 0 Å². The first-order chi connectivity index (χ1) is 9.16. The van der Waals surface area contributed by atoms with Crippen LogP contribution in [0.5, 0.6) is 0 Å². The average molecular weight is 318 g/mol. The van der Waals surface area contributed by atoms with Crippen molar-refractivity contribution in [2.45, 2.75) is 0 Å². The number of halogens is 1. The van der Waals surface area contributed by atoms with Gasteiger partial charge in [-0.25, -0.2) is 0 Å². The van der Waals surface area contributed by atoms with Crippen molar-refractivity contribution >= 4 is 27.4 Å². The van der Waals surface area contributed by atoms with Crippen molar-refractivity contribution < 1.29 is 4.92 Å². The Morgan fingerprint density at radius 1 is 1.16 bits per heavy atom. The zero-order chi connectivity index (χ0) is 13.4. The Bertz CT molecular complexity index is 765. The van der Waals surface area contributed by atoms with Crippen LogP contribution in [0.1, 0.15) is 0 Å². The summed E-state index contributed by atoms with van der Waals surface area (Å²) in [6, 6.07) is 12.6. The molecule has 2 heterocycles. The van der Waals surface area contributed by atoms with Gasteiger partial charge in [-0.2, -0.15) is 9.38 Å². The average Bonchev–Trinajstić information content (AvgIpc) is 2.78. The number of hydrogen-bond acceptors (Lipinski definition) is 3.